The maximum atomic E-state index is 10.6. The third kappa shape index (κ3) is 3.08. The Morgan fingerprint density at radius 2 is 2.35 bits per heavy atom. The second kappa shape index (κ2) is 5.20. The van der Waals surface area contributed by atoms with Gasteiger partial charge < -0.3 is 10.1 Å². The molecule has 2 N–H and O–H groups in total. The third-order valence-corrected chi connectivity index (χ3v) is 3.76. The minimum Gasteiger partial charge on any atom is -0.481 e. The van der Waals surface area contributed by atoms with E-state index in [0.717, 1.165) is 16.3 Å². The number of aliphatic carboxylic acids is 1. The average Bonchev–Trinajstić information content (AvgIpc) is 2.81. The summed E-state index contributed by atoms with van der Waals surface area (Å²) in [5.41, 5.74) is 1.56. The molecule has 0 amide bonds. The zero-order valence-corrected chi connectivity index (χ0v) is 11.7. The fourth-order valence-corrected chi connectivity index (χ4v) is 2.91. The lowest BCUT2D eigenvalue weighted by Gasteiger charge is -1.97. The summed E-state index contributed by atoms with van der Waals surface area (Å²) in [5.74, 6) is -0.828. The van der Waals surface area contributed by atoms with Crippen LogP contribution in [0.25, 0.3) is 10.6 Å². The van der Waals surface area contributed by atoms with Crippen molar-refractivity contribution in [1.82, 2.24) is 9.97 Å². The van der Waals surface area contributed by atoms with Crippen molar-refractivity contribution in [1.29, 1.82) is 0 Å². The molecule has 0 unspecified atom stereocenters. The third-order valence-electron chi connectivity index (χ3n) is 2.15. The number of thiophene rings is 1. The van der Waals surface area contributed by atoms with E-state index in [4.69, 9.17) is 16.7 Å². The predicted octanol–water partition coefficient (Wildman–Crippen LogP) is 3.57. The van der Waals surface area contributed by atoms with Crippen LogP contribution in [-0.2, 0) is 11.2 Å². The topological polar surface area (TPSA) is 66.0 Å². The Balaban J connectivity index is 2.30. The van der Waals surface area contributed by atoms with Crippen LogP contribution in [-0.4, -0.2) is 21.0 Å². The van der Waals surface area contributed by atoms with Gasteiger partial charge >= 0.3 is 5.97 Å². The summed E-state index contributed by atoms with van der Waals surface area (Å²) in [5, 5.41) is 8.68. The van der Waals surface area contributed by atoms with Crippen molar-refractivity contribution >= 4 is 44.8 Å². The standard InChI is InChI=1S/C10H8BrClN2O2S/c11-10-13-5(1-4-8(15)16)9(14-10)6-2-3-7(12)17-6/h2-3H,1,4H2,(H,13,14)(H,15,16). The van der Waals surface area contributed by atoms with Gasteiger partial charge in [0, 0.05) is 12.1 Å². The summed E-state index contributed by atoms with van der Waals surface area (Å²) in [6.45, 7) is 0. The van der Waals surface area contributed by atoms with Gasteiger partial charge in [-0.3, -0.25) is 4.79 Å². The number of carboxylic acid groups (broad SMARTS) is 1. The van der Waals surface area contributed by atoms with Gasteiger partial charge in [-0.05, 0) is 28.1 Å². The summed E-state index contributed by atoms with van der Waals surface area (Å²) < 4.78 is 1.28. The summed E-state index contributed by atoms with van der Waals surface area (Å²) in [6, 6.07) is 3.67. The van der Waals surface area contributed by atoms with Crippen LogP contribution in [0.4, 0.5) is 0 Å². The van der Waals surface area contributed by atoms with E-state index in [1.165, 1.54) is 11.3 Å². The molecule has 0 atom stereocenters. The molecule has 0 bridgehead atoms. The van der Waals surface area contributed by atoms with Crippen LogP contribution in [0, 0.1) is 0 Å². The lowest BCUT2D eigenvalue weighted by atomic mass is 10.2. The number of rotatable bonds is 4. The van der Waals surface area contributed by atoms with E-state index in [0.29, 0.717) is 15.5 Å². The summed E-state index contributed by atoms with van der Waals surface area (Å²) in [4.78, 5) is 18.8. The molecule has 2 aromatic rings. The smallest absolute Gasteiger partial charge is 0.303 e. The Labute approximate surface area is 115 Å². The van der Waals surface area contributed by atoms with Crippen LogP contribution >= 0.6 is 38.9 Å². The van der Waals surface area contributed by atoms with Gasteiger partial charge in [-0.1, -0.05) is 11.6 Å². The van der Waals surface area contributed by atoms with Crippen molar-refractivity contribution in [3.63, 3.8) is 0 Å². The van der Waals surface area contributed by atoms with Gasteiger partial charge in [0.25, 0.3) is 0 Å². The molecule has 2 rings (SSSR count). The number of aromatic nitrogens is 2. The van der Waals surface area contributed by atoms with Gasteiger partial charge in [-0.25, -0.2) is 4.98 Å². The number of H-pyrrole nitrogens is 1. The Kier molecular flexibility index (Phi) is 3.86. The summed E-state index contributed by atoms with van der Waals surface area (Å²) in [6.07, 6.45) is 0.486. The van der Waals surface area contributed by atoms with Gasteiger partial charge in [-0.15, -0.1) is 11.3 Å². The van der Waals surface area contributed by atoms with Gasteiger partial charge in [-0.2, -0.15) is 0 Å². The Morgan fingerprint density at radius 3 is 2.94 bits per heavy atom. The molecular weight excluding hydrogens is 328 g/mol. The SMILES string of the molecule is O=C(O)CCc1[nH]c(Br)nc1-c1ccc(Cl)s1. The quantitative estimate of drug-likeness (QED) is 0.897. The summed E-state index contributed by atoms with van der Waals surface area (Å²) in [7, 11) is 0. The zero-order chi connectivity index (χ0) is 12.4. The summed E-state index contributed by atoms with van der Waals surface area (Å²) >= 11 is 10.5. The molecule has 2 heterocycles. The first-order valence-electron chi connectivity index (χ1n) is 4.78. The fraction of sp³-hybridized carbons (Fsp3) is 0.200. The first kappa shape index (κ1) is 12.6. The number of hydrogen-bond acceptors (Lipinski definition) is 3. The lowest BCUT2D eigenvalue weighted by Crippen LogP contribution is -1.98. The number of aryl methyl sites for hydroxylation is 1. The van der Waals surface area contributed by atoms with E-state index in [1.807, 2.05) is 6.07 Å². The number of carbonyl (C=O) groups is 1. The predicted molar refractivity (Wildman–Crippen MR) is 70.6 cm³/mol. The van der Waals surface area contributed by atoms with Crippen molar-refractivity contribution in [2.75, 3.05) is 0 Å². The molecule has 0 saturated heterocycles. The van der Waals surface area contributed by atoms with Gasteiger partial charge in [0.2, 0.25) is 0 Å². The Hall–Kier alpha value is -0.850. The minimum absolute atomic E-state index is 0.0702. The van der Waals surface area contributed by atoms with Gasteiger partial charge in [0.15, 0.2) is 4.73 Å². The molecular formula is C10H8BrClN2O2S. The Morgan fingerprint density at radius 1 is 1.59 bits per heavy atom. The molecule has 0 spiro atoms. The largest absolute Gasteiger partial charge is 0.481 e. The van der Waals surface area contributed by atoms with Crippen molar-refractivity contribution < 1.29 is 9.90 Å². The van der Waals surface area contributed by atoms with E-state index < -0.39 is 5.97 Å². The molecule has 0 aliphatic rings. The van der Waals surface area contributed by atoms with E-state index >= 15 is 0 Å². The second-order valence-electron chi connectivity index (χ2n) is 3.35. The molecule has 0 aliphatic heterocycles. The normalized spacial score (nSPS) is 10.7. The number of imidazole rings is 1. The number of nitrogens with zero attached hydrogens (tertiary/aromatic N) is 1. The number of carboxylic acids is 1. The number of aromatic amines is 1. The molecule has 90 valence electrons. The van der Waals surface area contributed by atoms with E-state index in [2.05, 4.69) is 25.9 Å². The second-order valence-corrected chi connectivity index (χ2v) is 5.82. The monoisotopic (exact) mass is 334 g/mol. The molecule has 0 saturated carbocycles. The molecule has 0 aliphatic carbocycles. The van der Waals surface area contributed by atoms with Crippen LogP contribution in [0.5, 0.6) is 0 Å². The molecule has 0 radical (unpaired) electrons. The highest BCUT2D eigenvalue weighted by Crippen LogP contribution is 2.33. The molecule has 0 aromatic carbocycles. The first-order chi connectivity index (χ1) is 8.06. The van der Waals surface area contributed by atoms with Crippen molar-refractivity contribution in [3.8, 4) is 10.6 Å². The van der Waals surface area contributed by atoms with Crippen LogP contribution in [0.3, 0.4) is 0 Å². The van der Waals surface area contributed by atoms with Gasteiger partial charge in [0.05, 0.1) is 15.6 Å². The van der Waals surface area contributed by atoms with Crippen LogP contribution in [0.15, 0.2) is 16.9 Å². The zero-order valence-electron chi connectivity index (χ0n) is 8.54. The maximum absolute atomic E-state index is 10.6. The van der Waals surface area contributed by atoms with Crippen molar-refractivity contribution in [2.45, 2.75) is 12.8 Å². The van der Waals surface area contributed by atoms with Crippen LogP contribution in [0.1, 0.15) is 12.1 Å². The molecule has 17 heavy (non-hydrogen) atoms. The number of nitrogens with one attached hydrogen (secondary N) is 1. The van der Waals surface area contributed by atoms with Crippen molar-refractivity contribution in [3.05, 3.63) is 26.9 Å². The Bertz CT molecular complexity index is 552. The number of hydrogen-bond donors (Lipinski definition) is 2. The highest BCUT2D eigenvalue weighted by molar-refractivity contribution is 9.10. The first-order valence-corrected chi connectivity index (χ1v) is 6.77. The highest BCUT2D eigenvalue weighted by atomic mass is 79.9. The molecule has 4 nitrogen and oxygen atoms in total. The molecule has 0 fully saturated rings. The number of halogens is 2. The fourth-order valence-electron chi connectivity index (χ4n) is 1.44. The van der Waals surface area contributed by atoms with E-state index in [9.17, 15) is 4.79 Å². The lowest BCUT2D eigenvalue weighted by molar-refractivity contribution is -0.136. The minimum atomic E-state index is -0.828. The average molecular weight is 336 g/mol. The van der Waals surface area contributed by atoms with Gasteiger partial charge in [0.1, 0.15) is 5.69 Å². The van der Waals surface area contributed by atoms with Crippen molar-refractivity contribution in [2.24, 2.45) is 0 Å². The van der Waals surface area contributed by atoms with E-state index in [1.54, 1.807) is 6.07 Å². The molecule has 2 aromatic heterocycles. The molecule has 7 heteroatoms. The van der Waals surface area contributed by atoms with Crippen LogP contribution in [0.2, 0.25) is 4.34 Å². The van der Waals surface area contributed by atoms with E-state index in [-0.39, 0.29) is 6.42 Å². The highest BCUT2D eigenvalue weighted by Gasteiger charge is 2.14. The maximum Gasteiger partial charge on any atom is 0.303 e. The van der Waals surface area contributed by atoms with Crippen LogP contribution < -0.4 is 0 Å².